The average molecular weight is 225 g/mol. The van der Waals surface area contributed by atoms with Gasteiger partial charge in [0.2, 0.25) is 0 Å². The monoisotopic (exact) mass is 225 g/mol. The summed E-state index contributed by atoms with van der Waals surface area (Å²) in [6, 6.07) is 4.93. The number of methoxy groups -OCH3 is 2. The molecule has 0 saturated heterocycles. The number of benzene rings is 1. The summed E-state index contributed by atoms with van der Waals surface area (Å²) < 4.78 is 14.8. The molecular formula is C11H15NO4. The minimum atomic E-state index is -0.471. The van der Waals surface area contributed by atoms with E-state index in [1.54, 1.807) is 18.2 Å². The summed E-state index contributed by atoms with van der Waals surface area (Å²) >= 11 is 0. The summed E-state index contributed by atoms with van der Waals surface area (Å²) in [7, 11) is 2.99. The predicted molar refractivity (Wildman–Crippen MR) is 59.6 cm³/mol. The van der Waals surface area contributed by atoms with Crippen LogP contribution in [-0.4, -0.2) is 33.4 Å². The van der Waals surface area contributed by atoms with Gasteiger partial charge in [-0.15, -0.1) is 0 Å². The number of hydrogen-bond acceptors (Lipinski definition) is 5. The van der Waals surface area contributed by atoms with Crippen molar-refractivity contribution in [1.82, 2.24) is 0 Å². The number of ether oxygens (including phenoxy) is 3. The van der Waals surface area contributed by atoms with Crippen molar-refractivity contribution in [3.05, 3.63) is 23.8 Å². The van der Waals surface area contributed by atoms with E-state index in [0.29, 0.717) is 23.6 Å². The highest BCUT2D eigenvalue weighted by Crippen LogP contribution is 2.26. The quantitative estimate of drug-likeness (QED) is 0.461. The fraction of sp³-hybridized carbons (Fsp3) is 0.364. The predicted octanol–water partition coefficient (Wildman–Crippen LogP) is 1.08. The summed E-state index contributed by atoms with van der Waals surface area (Å²) in [4.78, 5) is 11.6. The molecule has 1 aromatic carbocycles. The van der Waals surface area contributed by atoms with E-state index in [2.05, 4.69) is 0 Å². The Labute approximate surface area is 94.1 Å². The lowest BCUT2D eigenvalue weighted by molar-refractivity contribution is 0.0385. The Morgan fingerprint density at radius 2 is 2.06 bits per heavy atom. The lowest BCUT2D eigenvalue weighted by atomic mass is 10.2. The maximum absolute atomic E-state index is 11.6. The minimum Gasteiger partial charge on any atom is -0.494 e. The van der Waals surface area contributed by atoms with Gasteiger partial charge in [0.05, 0.1) is 19.4 Å². The van der Waals surface area contributed by atoms with Crippen LogP contribution < -0.4 is 10.5 Å². The van der Waals surface area contributed by atoms with Gasteiger partial charge in [0, 0.05) is 7.11 Å². The summed E-state index contributed by atoms with van der Waals surface area (Å²) in [5.41, 5.74) is 6.39. The molecule has 1 rings (SSSR count). The molecule has 0 bridgehead atoms. The van der Waals surface area contributed by atoms with Crippen molar-refractivity contribution in [2.75, 3.05) is 33.2 Å². The maximum atomic E-state index is 11.6. The van der Waals surface area contributed by atoms with Crippen LogP contribution in [0.1, 0.15) is 10.4 Å². The highest BCUT2D eigenvalue weighted by molar-refractivity contribution is 5.94. The second-order valence-corrected chi connectivity index (χ2v) is 3.06. The fourth-order valence-corrected chi connectivity index (χ4v) is 1.24. The summed E-state index contributed by atoms with van der Waals surface area (Å²) in [5, 5.41) is 0. The van der Waals surface area contributed by atoms with E-state index in [9.17, 15) is 4.79 Å². The average Bonchev–Trinajstić information content (AvgIpc) is 2.29. The molecule has 0 radical (unpaired) electrons. The largest absolute Gasteiger partial charge is 0.494 e. The van der Waals surface area contributed by atoms with Crippen LogP contribution in [-0.2, 0) is 9.47 Å². The molecule has 0 saturated carbocycles. The number of rotatable bonds is 5. The molecule has 1 aromatic rings. The zero-order valence-electron chi connectivity index (χ0n) is 9.36. The standard InChI is InChI=1S/C11H15NO4/c1-14-6-7-16-11(13)8-4-3-5-9(12)10(8)15-2/h3-5H,6-7,12H2,1-2H3. The van der Waals surface area contributed by atoms with E-state index in [1.807, 2.05) is 0 Å². The zero-order valence-corrected chi connectivity index (χ0v) is 9.36. The third kappa shape index (κ3) is 2.87. The number of nitrogen functional groups attached to an aromatic ring is 1. The van der Waals surface area contributed by atoms with Crippen LogP contribution in [0.4, 0.5) is 5.69 Å². The molecule has 5 nitrogen and oxygen atoms in total. The van der Waals surface area contributed by atoms with Crippen LogP contribution in [0.25, 0.3) is 0 Å². The number of carbonyl (C=O) groups excluding carboxylic acids is 1. The Morgan fingerprint density at radius 3 is 2.69 bits per heavy atom. The number of anilines is 1. The van der Waals surface area contributed by atoms with E-state index in [1.165, 1.54) is 14.2 Å². The number of hydrogen-bond donors (Lipinski definition) is 1. The summed E-state index contributed by atoms with van der Waals surface area (Å²) in [6.45, 7) is 0.559. The SMILES string of the molecule is COCCOC(=O)c1cccc(N)c1OC. The molecule has 5 heteroatoms. The molecule has 0 aliphatic rings. The second kappa shape index (κ2) is 5.97. The first kappa shape index (κ1) is 12.3. The van der Waals surface area contributed by atoms with E-state index in [0.717, 1.165) is 0 Å². The Kier molecular flexibility index (Phi) is 4.60. The summed E-state index contributed by atoms with van der Waals surface area (Å²) in [6.07, 6.45) is 0. The molecular weight excluding hydrogens is 210 g/mol. The van der Waals surface area contributed by atoms with Crippen molar-refractivity contribution >= 4 is 11.7 Å². The van der Waals surface area contributed by atoms with Crippen molar-refractivity contribution in [2.24, 2.45) is 0 Å². The molecule has 88 valence electrons. The van der Waals surface area contributed by atoms with Gasteiger partial charge < -0.3 is 19.9 Å². The Hall–Kier alpha value is -1.75. The number of carbonyl (C=O) groups is 1. The zero-order chi connectivity index (χ0) is 12.0. The van der Waals surface area contributed by atoms with Gasteiger partial charge in [0.25, 0.3) is 0 Å². The number of esters is 1. The van der Waals surface area contributed by atoms with Crippen LogP contribution in [0.5, 0.6) is 5.75 Å². The van der Waals surface area contributed by atoms with Crippen LogP contribution in [0, 0.1) is 0 Å². The third-order valence-corrected chi connectivity index (χ3v) is 1.99. The van der Waals surface area contributed by atoms with E-state index < -0.39 is 5.97 Å². The number of para-hydroxylation sites is 1. The van der Waals surface area contributed by atoms with Gasteiger partial charge in [-0.3, -0.25) is 0 Å². The third-order valence-electron chi connectivity index (χ3n) is 1.99. The molecule has 2 N–H and O–H groups in total. The molecule has 0 heterocycles. The van der Waals surface area contributed by atoms with Gasteiger partial charge in [-0.25, -0.2) is 4.79 Å². The van der Waals surface area contributed by atoms with E-state index in [4.69, 9.17) is 19.9 Å². The molecule has 16 heavy (non-hydrogen) atoms. The van der Waals surface area contributed by atoms with Crippen molar-refractivity contribution in [3.8, 4) is 5.75 Å². The first-order chi connectivity index (χ1) is 7.70. The molecule has 0 aliphatic heterocycles. The minimum absolute atomic E-state index is 0.202. The van der Waals surface area contributed by atoms with Crippen LogP contribution in [0.15, 0.2) is 18.2 Å². The maximum Gasteiger partial charge on any atom is 0.342 e. The Bertz CT molecular complexity index is 365. The fourth-order valence-electron chi connectivity index (χ4n) is 1.24. The van der Waals surface area contributed by atoms with Gasteiger partial charge in [-0.2, -0.15) is 0 Å². The van der Waals surface area contributed by atoms with Crippen LogP contribution in [0.2, 0.25) is 0 Å². The van der Waals surface area contributed by atoms with Gasteiger partial charge in [-0.1, -0.05) is 6.07 Å². The van der Waals surface area contributed by atoms with Crippen LogP contribution in [0.3, 0.4) is 0 Å². The normalized spacial score (nSPS) is 9.88. The smallest absolute Gasteiger partial charge is 0.342 e. The van der Waals surface area contributed by atoms with E-state index >= 15 is 0 Å². The molecule has 0 unspecified atom stereocenters. The molecule has 0 aliphatic carbocycles. The molecule has 0 fully saturated rings. The first-order valence-electron chi connectivity index (χ1n) is 4.79. The van der Waals surface area contributed by atoms with E-state index in [-0.39, 0.29) is 6.61 Å². The van der Waals surface area contributed by atoms with Crippen molar-refractivity contribution in [3.63, 3.8) is 0 Å². The topological polar surface area (TPSA) is 70.8 Å². The van der Waals surface area contributed by atoms with Gasteiger partial charge in [0.1, 0.15) is 12.2 Å². The number of nitrogens with two attached hydrogens (primary N) is 1. The molecule has 0 amide bonds. The van der Waals surface area contributed by atoms with Gasteiger partial charge in [-0.05, 0) is 12.1 Å². The van der Waals surface area contributed by atoms with Crippen LogP contribution >= 0.6 is 0 Å². The molecule has 0 atom stereocenters. The molecule has 0 aromatic heterocycles. The first-order valence-corrected chi connectivity index (χ1v) is 4.79. The Morgan fingerprint density at radius 1 is 1.31 bits per heavy atom. The molecule has 0 spiro atoms. The lowest BCUT2D eigenvalue weighted by Gasteiger charge is -2.10. The second-order valence-electron chi connectivity index (χ2n) is 3.06. The van der Waals surface area contributed by atoms with Crippen molar-refractivity contribution in [1.29, 1.82) is 0 Å². The van der Waals surface area contributed by atoms with Crippen molar-refractivity contribution < 1.29 is 19.0 Å². The van der Waals surface area contributed by atoms with Gasteiger partial charge >= 0.3 is 5.97 Å². The Balaban J connectivity index is 2.78. The lowest BCUT2D eigenvalue weighted by Crippen LogP contribution is -2.11. The highest BCUT2D eigenvalue weighted by atomic mass is 16.6. The van der Waals surface area contributed by atoms with Crippen molar-refractivity contribution in [2.45, 2.75) is 0 Å². The summed E-state index contributed by atoms with van der Waals surface area (Å²) in [5.74, 6) is -0.133. The highest BCUT2D eigenvalue weighted by Gasteiger charge is 2.15. The van der Waals surface area contributed by atoms with Gasteiger partial charge in [0.15, 0.2) is 5.75 Å².